The lowest BCUT2D eigenvalue weighted by atomic mass is 10.1. The number of rotatable bonds is 8. The first kappa shape index (κ1) is 23.7. The molecule has 0 aliphatic heterocycles. The van der Waals surface area contributed by atoms with E-state index in [1.165, 1.54) is 35.2 Å². The van der Waals surface area contributed by atoms with E-state index in [-0.39, 0.29) is 17.5 Å². The molecule has 2 aromatic carbocycles. The van der Waals surface area contributed by atoms with Gasteiger partial charge in [-0.05, 0) is 18.6 Å². The summed E-state index contributed by atoms with van der Waals surface area (Å²) in [4.78, 5) is 27.9. The van der Waals surface area contributed by atoms with E-state index in [0.717, 1.165) is 5.56 Å². The summed E-state index contributed by atoms with van der Waals surface area (Å²) in [5.74, 6) is 0.289. The average Bonchev–Trinajstić information content (AvgIpc) is 3.44. The zero-order valence-corrected chi connectivity index (χ0v) is 20.1. The molecule has 4 rings (SSSR count). The molecule has 0 bridgehead atoms. The highest BCUT2D eigenvalue weighted by Crippen LogP contribution is 2.30. The van der Waals surface area contributed by atoms with Gasteiger partial charge in [0.25, 0.3) is 5.69 Å². The van der Waals surface area contributed by atoms with Gasteiger partial charge in [-0.3, -0.25) is 19.5 Å². The number of hydrogen-bond donors (Lipinski definition) is 2. The summed E-state index contributed by atoms with van der Waals surface area (Å²) in [5, 5.41) is 25.0. The highest BCUT2D eigenvalue weighted by Gasteiger charge is 2.23. The molecule has 1 unspecified atom stereocenters. The lowest BCUT2D eigenvalue weighted by molar-refractivity contribution is -0.384. The van der Waals surface area contributed by atoms with Gasteiger partial charge in [0, 0.05) is 33.9 Å². The van der Waals surface area contributed by atoms with Crippen molar-refractivity contribution < 1.29 is 9.72 Å². The maximum atomic E-state index is 12.9. The number of amides is 1. The van der Waals surface area contributed by atoms with Crippen molar-refractivity contribution in [1.82, 2.24) is 19.7 Å². The molecule has 0 saturated heterocycles. The summed E-state index contributed by atoms with van der Waals surface area (Å²) in [5.41, 5.74) is 7.99. The Balaban J connectivity index is 1.47. The van der Waals surface area contributed by atoms with Crippen LogP contribution in [0.1, 0.15) is 18.5 Å². The van der Waals surface area contributed by atoms with E-state index in [1.54, 1.807) is 29.0 Å². The Kier molecular flexibility index (Phi) is 7.10. The smallest absolute Gasteiger partial charge is 0.270 e. The number of thiazole rings is 1. The Bertz CT molecular complexity index is 1360. The highest BCUT2D eigenvalue weighted by molar-refractivity contribution is 7.98. The Morgan fingerprint density at radius 2 is 2.09 bits per heavy atom. The lowest BCUT2D eigenvalue weighted by Gasteiger charge is -2.15. The molecule has 0 radical (unpaired) electrons. The quantitative estimate of drug-likeness (QED) is 0.189. The zero-order valence-electron chi connectivity index (χ0n) is 17.7. The molecule has 2 heterocycles. The van der Waals surface area contributed by atoms with Gasteiger partial charge in [-0.15, -0.1) is 21.5 Å². The van der Waals surface area contributed by atoms with Crippen LogP contribution in [0.5, 0.6) is 0 Å². The van der Waals surface area contributed by atoms with Crippen LogP contribution in [0, 0.1) is 10.1 Å². The van der Waals surface area contributed by atoms with Gasteiger partial charge < -0.3 is 11.1 Å². The normalized spacial score (nSPS) is 11.8. The number of nitrogens with zero attached hydrogens (tertiary/aromatic N) is 5. The monoisotopic (exact) mass is 515 g/mol. The van der Waals surface area contributed by atoms with Crippen LogP contribution < -0.4 is 11.1 Å². The number of aromatic nitrogens is 4. The lowest BCUT2D eigenvalue weighted by Crippen LogP contribution is -2.25. The van der Waals surface area contributed by atoms with E-state index in [4.69, 9.17) is 17.3 Å². The molecule has 0 aliphatic carbocycles. The van der Waals surface area contributed by atoms with Gasteiger partial charge in [0.1, 0.15) is 6.04 Å². The van der Waals surface area contributed by atoms with Crippen LogP contribution >= 0.6 is 34.7 Å². The molecule has 0 fully saturated rings. The van der Waals surface area contributed by atoms with Crippen LogP contribution in [0.3, 0.4) is 0 Å². The number of nitro groups is 1. The third-order valence-corrected chi connectivity index (χ3v) is 6.98. The van der Waals surface area contributed by atoms with Crippen LogP contribution in [-0.2, 0) is 10.5 Å². The summed E-state index contributed by atoms with van der Waals surface area (Å²) in [6.45, 7) is 1.68. The number of nitrogens with one attached hydrogen (secondary N) is 1. The van der Waals surface area contributed by atoms with Crippen LogP contribution in [0.4, 0.5) is 16.8 Å². The Labute approximate surface area is 207 Å². The number of carbonyl (C=O) groups excluding carboxylic acids is 1. The molecule has 13 heteroatoms. The molecule has 0 aliphatic rings. The number of hydrogen-bond acceptors (Lipinski definition) is 9. The zero-order chi connectivity index (χ0) is 24.2. The molecule has 0 saturated carbocycles. The van der Waals surface area contributed by atoms with E-state index >= 15 is 0 Å². The standard InChI is InChI=1S/C21H18ClN7O3S2/c1-12(28-19(23)26-27-21(28)34-10-14-5-2-3-8-16(14)22)18(30)25-20-24-17(11-33-20)13-6-4-7-15(9-13)29(31)32/h2-9,11-12H,10H2,1H3,(H2,23,26)(H,24,25,30). The SMILES string of the molecule is CC(C(=O)Nc1nc(-c2cccc([N+](=O)[O-])c2)cs1)n1c(N)nnc1SCc1ccccc1Cl. The maximum Gasteiger partial charge on any atom is 0.270 e. The summed E-state index contributed by atoms with van der Waals surface area (Å²) in [6.07, 6.45) is 0. The van der Waals surface area contributed by atoms with Crippen molar-refractivity contribution >= 4 is 57.4 Å². The number of thioether (sulfide) groups is 1. The fourth-order valence-corrected chi connectivity index (χ4v) is 5.11. The van der Waals surface area contributed by atoms with E-state index < -0.39 is 11.0 Å². The first-order chi connectivity index (χ1) is 16.3. The van der Waals surface area contributed by atoms with E-state index in [2.05, 4.69) is 20.5 Å². The number of nitro benzene ring substituents is 1. The Hall–Kier alpha value is -3.48. The van der Waals surface area contributed by atoms with Gasteiger partial charge in [0.05, 0.1) is 10.6 Å². The highest BCUT2D eigenvalue weighted by atomic mass is 35.5. The molecule has 174 valence electrons. The van der Waals surface area contributed by atoms with Crippen molar-refractivity contribution in [3.63, 3.8) is 0 Å². The second-order valence-electron chi connectivity index (χ2n) is 7.10. The second-order valence-corrected chi connectivity index (χ2v) is 9.31. The summed E-state index contributed by atoms with van der Waals surface area (Å²) < 4.78 is 1.55. The Morgan fingerprint density at radius 1 is 1.29 bits per heavy atom. The van der Waals surface area contributed by atoms with Crippen LogP contribution in [-0.4, -0.2) is 30.6 Å². The minimum Gasteiger partial charge on any atom is -0.368 e. The van der Waals surface area contributed by atoms with Crippen molar-refractivity contribution in [3.05, 3.63) is 74.6 Å². The average molecular weight is 516 g/mol. The molecule has 1 amide bonds. The van der Waals surface area contributed by atoms with Crippen molar-refractivity contribution in [3.8, 4) is 11.3 Å². The van der Waals surface area contributed by atoms with Crippen molar-refractivity contribution in [2.45, 2.75) is 23.9 Å². The molecule has 10 nitrogen and oxygen atoms in total. The van der Waals surface area contributed by atoms with E-state index in [1.807, 2.05) is 24.3 Å². The van der Waals surface area contributed by atoms with E-state index in [9.17, 15) is 14.9 Å². The molecule has 0 spiro atoms. The Morgan fingerprint density at radius 3 is 2.85 bits per heavy atom. The summed E-state index contributed by atoms with van der Waals surface area (Å²) >= 11 is 8.81. The molecular weight excluding hydrogens is 498 g/mol. The number of benzene rings is 2. The topological polar surface area (TPSA) is 142 Å². The van der Waals surface area contributed by atoms with Crippen LogP contribution in [0.15, 0.2) is 59.1 Å². The fraction of sp³-hybridized carbons (Fsp3) is 0.143. The molecular formula is C21H18ClN7O3S2. The fourth-order valence-electron chi connectivity index (χ4n) is 3.08. The number of carbonyl (C=O) groups is 1. The van der Waals surface area contributed by atoms with Gasteiger partial charge in [-0.2, -0.15) is 0 Å². The number of nitrogens with two attached hydrogens (primary N) is 1. The molecule has 2 aromatic heterocycles. The minimum atomic E-state index is -0.714. The van der Waals surface area contributed by atoms with Crippen LogP contribution in [0.2, 0.25) is 5.02 Å². The maximum absolute atomic E-state index is 12.9. The first-order valence-electron chi connectivity index (χ1n) is 9.91. The minimum absolute atomic E-state index is 0.0328. The number of halogens is 1. The number of non-ortho nitro benzene ring substituents is 1. The molecule has 4 aromatic rings. The van der Waals surface area contributed by atoms with Gasteiger partial charge in [-0.25, -0.2) is 4.98 Å². The first-order valence-corrected chi connectivity index (χ1v) is 12.2. The predicted octanol–water partition coefficient (Wildman–Crippen LogP) is 5.04. The largest absolute Gasteiger partial charge is 0.368 e. The predicted molar refractivity (Wildman–Crippen MR) is 133 cm³/mol. The van der Waals surface area contributed by atoms with Gasteiger partial charge in [0.15, 0.2) is 10.3 Å². The molecule has 1 atom stereocenters. The van der Waals surface area contributed by atoms with Crippen LogP contribution in [0.25, 0.3) is 11.3 Å². The number of anilines is 2. The third kappa shape index (κ3) is 5.19. The van der Waals surface area contributed by atoms with Crippen molar-refractivity contribution in [1.29, 1.82) is 0 Å². The second kappa shape index (κ2) is 10.2. The van der Waals surface area contributed by atoms with Crippen molar-refractivity contribution in [2.24, 2.45) is 0 Å². The third-order valence-electron chi connectivity index (χ3n) is 4.86. The number of nitrogen functional groups attached to an aromatic ring is 1. The molecule has 3 N–H and O–H groups in total. The summed E-state index contributed by atoms with van der Waals surface area (Å²) in [7, 11) is 0. The van der Waals surface area contributed by atoms with Gasteiger partial charge in [0.2, 0.25) is 11.9 Å². The van der Waals surface area contributed by atoms with Gasteiger partial charge >= 0.3 is 0 Å². The van der Waals surface area contributed by atoms with E-state index in [0.29, 0.717) is 32.3 Å². The van der Waals surface area contributed by atoms with Gasteiger partial charge in [-0.1, -0.05) is 53.7 Å². The summed E-state index contributed by atoms with van der Waals surface area (Å²) in [6, 6.07) is 12.9. The van der Waals surface area contributed by atoms with Crippen molar-refractivity contribution in [2.75, 3.05) is 11.1 Å². The molecule has 34 heavy (non-hydrogen) atoms.